The van der Waals surface area contributed by atoms with E-state index in [0.29, 0.717) is 5.41 Å². The van der Waals surface area contributed by atoms with Crippen LogP contribution in [0.5, 0.6) is 0 Å². The number of hydrogen-bond acceptors (Lipinski definition) is 3. The van der Waals surface area contributed by atoms with Crippen molar-refractivity contribution in [1.29, 1.82) is 0 Å². The summed E-state index contributed by atoms with van der Waals surface area (Å²) in [5.74, 6) is 0. The second-order valence-electron chi connectivity index (χ2n) is 6.33. The summed E-state index contributed by atoms with van der Waals surface area (Å²) in [6, 6.07) is 6.77. The highest BCUT2D eigenvalue weighted by Gasteiger charge is 2.42. The molecule has 2 bridgehead atoms. The highest BCUT2D eigenvalue weighted by Crippen LogP contribution is 2.42. The molecule has 2 aromatic rings. The summed E-state index contributed by atoms with van der Waals surface area (Å²) in [7, 11) is 0. The van der Waals surface area contributed by atoms with Gasteiger partial charge in [0, 0.05) is 18.2 Å². The Morgan fingerprint density at radius 1 is 1.25 bits per heavy atom. The molecule has 2 nitrogen and oxygen atoms in total. The lowest BCUT2D eigenvalue weighted by Gasteiger charge is -2.34. The maximum atomic E-state index is 4.74. The Morgan fingerprint density at radius 3 is 2.95 bits per heavy atom. The number of thiophene rings is 1. The van der Waals surface area contributed by atoms with E-state index in [1.54, 1.807) is 11.3 Å². The summed E-state index contributed by atoms with van der Waals surface area (Å²) in [6.07, 6.45) is 6.12. The SMILES string of the molecule is Cc1csc(-c2ccc(C34CCCN(CC3)C4)cn2)c1. The highest BCUT2D eigenvalue weighted by molar-refractivity contribution is 7.13. The van der Waals surface area contributed by atoms with Crippen LogP contribution in [0.3, 0.4) is 0 Å². The molecule has 0 amide bonds. The van der Waals surface area contributed by atoms with Gasteiger partial charge < -0.3 is 4.90 Å². The summed E-state index contributed by atoms with van der Waals surface area (Å²) in [5, 5.41) is 2.19. The molecule has 104 valence electrons. The maximum absolute atomic E-state index is 4.74. The Balaban J connectivity index is 1.64. The zero-order chi connectivity index (χ0) is 13.6. The van der Waals surface area contributed by atoms with E-state index in [1.165, 1.54) is 54.9 Å². The lowest BCUT2D eigenvalue weighted by atomic mass is 9.75. The van der Waals surface area contributed by atoms with Crippen LogP contribution in [0, 0.1) is 6.92 Å². The van der Waals surface area contributed by atoms with Gasteiger partial charge in [0.15, 0.2) is 0 Å². The van der Waals surface area contributed by atoms with Gasteiger partial charge >= 0.3 is 0 Å². The molecule has 2 saturated heterocycles. The fraction of sp³-hybridized carbons (Fsp3) is 0.471. The first kappa shape index (κ1) is 12.5. The molecule has 0 N–H and O–H groups in total. The van der Waals surface area contributed by atoms with Crippen LogP contribution in [0.15, 0.2) is 29.8 Å². The van der Waals surface area contributed by atoms with Gasteiger partial charge in [-0.3, -0.25) is 4.98 Å². The lowest BCUT2D eigenvalue weighted by molar-refractivity contribution is 0.243. The third kappa shape index (κ3) is 2.00. The van der Waals surface area contributed by atoms with Crippen LogP contribution >= 0.6 is 11.3 Å². The van der Waals surface area contributed by atoms with Crippen molar-refractivity contribution in [2.45, 2.75) is 31.6 Å². The maximum Gasteiger partial charge on any atom is 0.0801 e. The van der Waals surface area contributed by atoms with Crippen LogP contribution in [-0.2, 0) is 5.41 Å². The largest absolute Gasteiger partial charge is 0.302 e. The minimum atomic E-state index is 0.398. The van der Waals surface area contributed by atoms with Gasteiger partial charge in [0.1, 0.15) is 0 Å². The zero-order valence-corrected chi connectivity index (χ0v) is 12.7. The van der Waals surface area contributed by atoms with Crippen LogP contribution in [0.4, 0.5) is 0 Å². The molecule has 20 heavy (non-hydrogen) atoms. The third-order valence-corrected chi connectivity index (χ3v) is 5.99. The molecule has 2 aromatic heterocycles. The van der Waals surface area contributed by atoms with Gasteiger partial charge in [-0.15, -0.1) is 11.3 Å². The number of hydrogen-bond donors (Lipinski definition) is 0. The molecular formula is C17H20N2S. The van der Waals surface area contributed by atoms with Crippen molar-refractivity contribution in [3.05, 3.63) is 40.9 Å². The molecule has 0 saturated carbocycles. The predicted octanol–water partition coefficient (Wildman–Crippen LogP) is 3.86. The highest BCUT2D eigenvalue weighted by atomic mass is 32.1. The quantitative estimate of drug-likeness (QED) is 0.832. The normalized spacial score (nSPS) is 28.8. The van der Waals surface area contributed by atoms with Crippen molar-refractivity contribution in [3.8, 4) is 10.6 Å². The Bertz CT molecular complexity index is 612. The standard InChI is InChI=1S/C17H20N2S/c1-13-9-16(20-11-13)15-4-3-14(10-18-15)17-5-2-7-19(12-17)8-6-17/h3-4,9-11H,2,5-8,12H2,1H3. The Kier molecular flexibility index (Phi) is 2.93. The average molecular weight is 284 g/mol. The van der Waals surface area contributed by atoms with E-state index in [-0.39, 0.29) is 0 Å². The van der Waals surface area contributed by atoms with E-state index in [1.807, 2.05) is 0 Å². The molecule has 3 heteroatoms. The molecule has 4 rings (SSSR count). The third-order valence-electron chi connectivity index (χ3n) is 4.92. The molecule has 0 aromatic carbocycles. The van der Waals surface area contributed by atoms with E-state index in [0.717, 1.165) is 5.69 Å². The van der Waals surface area contributed by atoms with Gasteiger partial charge in [0.25, 0.3) is 0 Å². The van der Waals surface area contributed by atoms with Crippen molar-refractivity contribution in [2.75, 3.05) is 19.6 Å². The van der Waals surface area contributed by atoms with Crippen LogP contribution < -0.4 is 0 Å². The minimum absolute atomic E-state index is 0.398. The summed E-state index contributed by atoms with van der Waals surface area (Å²) in [4.78, 5) is 8.63. The molecule has 0 aliphatic carbocycles. The second kappa shape index (κ2) is 4.68. The van der Waals surface area contributed by atoms with Crippen LogP contribution in [0.25, 0.3) is 10.6 Å². The van der Waals surface area contributed by atoms with Gasteiger partial charge in [0.05, 0.1) is 10.6 Å². The van der Waals surface area contributed by atoms with E-state index >= 15 is 0 Å². The Hall–Kier alpha value is -1.19. The molecule has 0 spiro atoms. The van der Waals surface area contributed by atoms with Crippen molar-refractivity contribution in [1.82, 2.24) is 9.88 Å². The smallest absolute Gasteiger partial charge is 0.0801 e. The monoisotopic (exact) mass is 284 g/mol. The minimum Gasteiger partial charge on any atom is -0.302 e. The first-order chi connectivity index (χ1) is 9.75. The summed E-state index contributed by atoms with van der Waals surface area (Å²) in [6.45, 7) is 5.95. The molecule has 4 heterocycles. The number of piperidine rings is 1. The lowest BCUT2D eigenvalue weighted by Crippen LogP contribution is -2.36. The molecule has 2 atom stereocenters. The van der Waals surface area contributed by atoms with Gasteiger partial charge in [0.2, 0.25) is 0 Å². The molecule has 0 radical (unpaired) electrons. The number of aromatic nitrogens is 1. The second-order valence-corrected chi connectivity index (χ2v) is 7.24. The van der Waals surface area contributed by atoms with Crippen LogP contribution in [-0.4, -0.2) is 29.5 Å². The molecule has 2 unspecified atom stereocenters. The number of fused-ring (bicyclic) bond motifs is 2. The van der Waals surface area contributed by atoms with Crippen molar-refractivity contribution in [2.24, 2.45) is 0 Å². The topological polar surface area (TPSA) is 16.1 Å². The van der Waals surface area contributed by atoms with Crippen molar-refractivity contribution < 1.29 is 0 Å². The fourth-order valence-corrected chi connectivity index (χ4v) is 4.67. The van der Waals surface area contributed by atoms with Gasteiger partial charge in [-0.05, 0) is 67.9 Å². The summed E-state index contributed by atoms with van der Waals surface area (Å²) >= 11 is 1.79. The fourth-order valence-electron chi connectivity index (χ4n) is 3.79. The zero-order valence-electron chi connectivity index (χ0n) is 11.9. The number of pyridine rings is 1. The van der Waals surface area contributed by atoms with E-state index < -0.39 is 0 Å². The van der Waals surface area contributed by atoms with Gasteiger partial charge in [-0.2, -0.15) is 0 Å². The predicted molar refractivity (Wildman–Crippen MR) is 84.3 cm³/mol. The van der Waals surface area contributed by atoms with Gasteiger partial charge in [-0.25, -0.2) is 0 Å². The van der Waals surface area contributed by atoms with Crippen molar-refractivity contribution >= 4 is 11.3 Å². The summed E-state index contributed by atoms with van der Waals surface area (Å²) in [5.41, 5.74) is 4.30. The first-order valence-electron chi connectivity index (χ1n) is 7.50. The number of rotatable bonds is 2. The Labute approximate surface area is 124 Å². The molecular weight excluding hydrogens is 264 g/mol. The van der Waals surface area contributed by atoms with E-state index in [9.17, 15) is 0 Å². The molecule has 2 aliphatic rings. The summed E-state index contributed by atoms with van der Waals surface area (Å²) < 4.78 is 0. The molecule has 2 fully saturated rings. The Morgan fingerprint density at radius 2 is 2.20 bits per heavy atom. The van der Waals surface area contributed by atoms with Gasteiger partial charge in [-0.1, -0.05) is 6.07 Å². The van der Waals surface area contributed by atoms with Crippen molar-refractivity contribution in [3.63, 3.8) is 0 Å². The van der Waals surface area contributed by atoms with E-state index in [2.05, 4.69) is 41.6 Å². The van der Waals surface area contributed by atoms with Crippen LogP contribution in [0.2, 0.25) is 0 Å². The van der Waals surface area contributed by atoms with E-state index in [4.69, 9.17) is 4.98 Å². The first-order valence-corrected chi connectivity index (χ1v) is 8.38. The number of nitrogens with zero attached hydrogens (tertiary/aromatic N) is 2. The molecule has 2 aliphatic heterocycles. The number of aryl methyl sites for hydroxylation is 1. The average Bonchev–Trinajstić information content (AvgIpc) is 3.04. The van der Waals surface area contributed by atoms with Crippen LogP contribution in [0.1, 0.15) is 30.4 Å².